The molecule has 3 aromatic rings. The van der Waals surface area contributed by atoms with Crippen molar-refractivity contribution in [2.75, 3.05) is 39.3 Å². The number of rotatable bonds is 8. The number of allylic oxidation sites excluding steroid dienone is 1. The van der Waals surface area contributed by atoms with Crippen molar-refractivity contribution in [3.05, 3.63) is 113 Å². The molecule has 0 unspecified atom stereocenters. The maximum Gasteiger partial charge on any atom is 0.0170 e. The van der Waals surface area contributed by atoms with Gasteiger partial charge in [0, 0.05) is 38.6 Å². The molecule has 36 heavy (non-hydrogen) atoms. The van der Waals surface area contributed by atoms with Gasteiger partial charge in [0.15, 0.2) is 0 Å². The number of nitrogens with zero attached hydrogens (tertiary/aromatic N) is 2. The number of hydrogen-bond acceptors (Lipinski definition) is 2. The molecule has 1 aliphatic heterocycles. The van der Waals surface area contributed by atoms with Crippen LogP contribution < -0.4 is 0 Å². The summed E-state index contributed by atoms with van der Waals surface area (Å²) in [4.78, 5) is 5.31. The molecule has 1 heterocycles. The molecule has 5 rings (SSSR count). The fourth-order valence-electron chi connectivity index (χ4n) is 5.72. The monoisotopic (exact) mass is 522 g/mol. The van der Waals surface area contributed by atoms with Crippen molar-refractivity contribution in [1.29, 1.82) is 0 Å². The van der Waals surface area contributed by atoms with Gasteiger partial charge in [0.25, 0.3) is 0 Å². The first-order valence-electron chi connectivity index (χ1n) is 13.2. The van der Waals surface area contributed by atoms with Crippen molar-refractivity contribution in [2.24, 2.45) is 0 Å². The lowest BCUT2D eigenvalue weighted by Crippen LogP contribution is -2.46. The molecule has 0 amide bonds. The third-order valence-corrected chi connectivity index (χ3v) is 7.69. The van der Waals surface area contributed by atoms with Crippen molar-refractivity contribution in [3.63, 3.8) is 0 Å². The highest BCUT2D eigenvalue weighted by atomic mass is 35.5. The number of hydrogen-bond donors (Lipinski definition) is 0. The number of aryl methyl sites for hydroxylation is 1. The van der Waals surface area contributed by atoms with Gasteiger partial charge < -0.3 is 4.90 Å². The second kappa shape index (κ2) is 14.6. The Morgan fingerprint density at radius 2 is 1.25 bits per heavy atom. The molecule has 0 bridgehead atoms. The summed E-state index contributed by atoms with van der Waals surface area (Å²) in [6, 6.07) is 31.1. The van der Waals surface area contributed by atoms with Crippen molar-refractivity contribution in [3.8, 4) is 0 Å². The number of piperazine rings is 1. The normalized spacial score (nSPS) is 17.3. The third kappa shape index (κ3) is 7.46. The van der Waals surface area contributed by atoms with Crippen LogP contribution in [0.5, 0.6) is 0 Å². The predicted octanol–water partition coefficient (Wildman–Crippen LogP) is 7.48. The standard InChI is InChI=1S/C32H38N2.2ClH/c1-3-11-27(12-4-1)32(28-13-5-2-6-14-28)19-10-21-33-23-25-34(26-24-33)22-20-30-17-9-16-29-15-7-8-18-31(29)30;;/h1-8,11-15,18,20,32H,9-10,16-17,19,21-26H2;2*1H. The molecule has 1 fully saturated rings. The Morgan fingerprint density at radius 1 is 0.667 bits per heavy atom. The molecular weight excluding hydrogens is 483 g/mol. The van der Waals surface area contributed by atoms with E-state index >= 15 is 0 Å². The summed E-state index contributed by atoms with van der Waals surface area (Å²) < 4.78 is 0. The molecule has 0 radical (unpaired) electrons. The van der Waals surface area contributed by atoms with Crippen molar-refractivity contribution in [1.82, 2.24) is 9.80 Å². The molecule has 3 aromatic carbocycles. The molecule has 2 nitrogen and oxygen atoms in total. The van der Waals surface area contributed by atoms with E-state index in [0.717, 1.165) is 6.54 Å². The van der Waals surface area contributed by atoms with Gasteiger partial charge in [-0.15, -0.1) is 24.8 Å². The number of halogens is 2. The van der Waals surface area contributed by atoms with Crippen LogP contribution in [0.2, 0.25) is 0 Å². The minimum Gasteiger partial charge on any atom is -0.301 e. The summed E-state index contributed by atoms with van der Waals surface area (Å²) in [6.07, 6.45) is 8.74. The lowest BCUT2D eigenvalue weighted by atomic mass is 9.87. The smallest absolute Gasteiger partial charge is 0.0170 e. The van der Waals surface area contributed by atoms with Gasteiger partial charge in [-0.25, -0.2) is 0 Å². The van der Waals surface area contributed by atoms with E-state index in [0.29, 0.717) is 5.92 Å². The fourth-order valence-corrected chi connectivity index (χ4v) is 5.72. The summed E-state index contributed by atoms with van der Waals surface area (Å²) in [5.41, 5.74) is 7.48. The van der Waals surface area contributed by atoms with Crippen molar-refractivity contribution >= 4 is 30.4 Å². The molecule has 2 aliphatic rings. The van der Waals surface area contributed by atoms with E-state index in [1.165, 1.54) is 87.1 Å². The van der Waals surface area contributed by atoms with Crippen LogP contribution in [0.4, 0.5) is 0 Å². The van der Waals surface area contributed by atoms with E-state index in [1.807, 2.05) is 0 Å². The highest BCUT2D eigenvalue weighted by Crippen LogP contribution is 2.31. The first-order valence-corrected chi connectivity index (χ1v) is 13.2. The molecule has 4 heteroatoms. The van der Waals surface area contributed by atoms with Crippen LogP contribution in [-0.4, -0.2) is 49.1 Å². The van der Waals surface area contributed by atoms with E-state index in [9.17, 15) is 0 Å². The second-order valence-corrected chi connectivity index (χ2v) is 9.90. The summed E-state index contributed by atoms with van der Waals surface area (Å²) in [5.74, 6) is 0.494. The van der Waals surface area contributed by atoms with E-state index in [1.54, 1.807) is 5.57 Å². The van der Waals surface area contributed by atoms with Crippen LogP contribution in [0.1, 0.15) is 53.9 Å². The Bertz CT molecular complexity index is 1020. The zero-order valence-corrected chi connectivity index (χ0v) is 22.9. The Balaban J connectivity index is 0.00000180. The Morgan fingerprint density at radius 3 is 1.92 bits per heavy atom. The van der Waals surface area contributed by atoms with Crippen LogP contribution in [-0.2, 0) is 6.42 Å². The van der Waals surface area contributed by atoms with Gasteiger partial charge in [0.1, 0.15) is 0 Å². The SMILES string of the molecule is C(CN1CCN(CCCC(c2ccccc2)c2ccccc2)CC1)=C1CCCc2ccccc21.Cl.Cl. The molecular formula is C32H40Cl2N2. The molecule has 1 saturated heterocycles. The maximum absolute atomic E-state index is 2.67. The Labute approximate surface area is 230 Å². The average molecular weight is 524 g/mol. The van der Waals surface area contributed by atoms with Crippen LogP contribution in [0.3, 0.4) is 0 Å². The minimum absolute atomic E-state index is 0. The molecule has 0 N–H and O–H groups in total. The van der Waals surface area contributed by atoms with E-state index in [2.05, 4.69) is 101 Å². The van der Waals surface area contributed by atoms with Crippen molar-refractivity contribution in [2.45, 2.75) is 38.0 Å². The summed E-state index contributed by atoms with van der Waals surface area (Å²) in [6.45, 7) is 7.07. The molecule has 0 saturated carbocycles. The maximum atomic E-state index is 2.67. The Kier molecular flexibility index (Phi) is 11.5. The van der Waals surface area contributed by atoms with E-state index in [-0.39, 0.29) is 24.8 Å². The van der Waals surface area contributed by atoms with E-state index < -0.39 is 0 Å². The quantitative estimate of drug-likeness (QED) is 0.302. The van der Waals surface area contributed by atoms with Gasteiger partial charge >= 0.3 is 0 Å². The molecule has 192 valence electrons. The lowest BCUT2D eigenvalue weighted by Gasteiger charge is -2.34. The van der Waals surface area contributed by atoms with Crippen molar-refractivity contribution < 1.29 is 0 Å². The highest BCUT2D eigenvalue weighted by molar-refractivity contribution is 5.85. The summed E-state index contributed by atoms with van der Waals surface area (Å²) in [7, 11) is 0. The van der Waals surface area contributed by atoms with Crippen LogP contribution in [0.15, 0.2) is 91.0 Å². The number of fused-ring (bicyclic) bond motifs is 1. The van der Waals surface area contributed by atoms with E-state index in [4.69, 9.17) is 0 Å². The zero-order valence-electron chi connectivity index (χ0n) is 21.2. The second-order valence-electron chi connectivity index (χ2n) is 9.90. The first-order chi connectivity index (χ1) is 16.9. The summed E-state index contributed by atoms with van der Waals surface area (Å²) >= 11 is 0. The molecule has 0 aromatic heterocycles. The zero-order chi connectivity index (χ0) is 23.0. The van der Waals surface area contributed by atoms with Crippen LogP contribution >= 0.6 is 24.8 Å². The predicted molar refractivity (Wildman–Crippen MR) is 159 cm³/mol. The third-order valence-electron chi connectivity index (χ3n) is 7.69. The first kappa shape index (κ1) is 28.5. The highest BCUT2D eigenvalue weighted by Gasteiger charge is 2.19. The minimum atomic E-state index is 0. The average Bonchev–Trinajstić information content (AvgIpc) is 2.91. The van der Waals surface area contributed by atoms with Gasteiger partial charge in [-0.05, 0) is 66.5 Å². The van der Waals surface area contributed by atoms with Gasteiger partial charge in [0.2, 0.25) is 0 Å². The summed E-state index contributed by atoms with van der Waals surface area (Å²) in [5, 5.41) is 0. The van der Waals surface area contributed by atoms with Crippen LogP contribution in [0.25, 0.3) is 5.57 Å². The largest absolute Gasteiger partial charge is 0.301 e. The van der Waals surface area contributed by atoms with Gasteiger partial charge in [-0.2, -0.15) is 0 Å². The Hall–Kier alpha value is -2.10. The fraction of sp³-hybridized carbons (Fsp3) is 0.375. The van der Waals surface area contributed by atoms with Crippen LogP contribution in [0, 0.1) is 0 Å². The topological polar surface area (TPSA) is 6.48 Å². The van der Waals surface area contributed by atoms with Gasteiger partial charge in [0.05, 0.1) is 0 Å². The molecule has 0 spiro atoms. The molecule has 1 aliphatic carbocycles. The number of benzene rings is 3. The lowest BCUT2D eigenvalue weighted by molar-refractivity contribution is 0.140. The molecule has 0 atom stereocenters. The van der Waals surface area contributed by atoms with Gasteiger partial charge in [-0.3, -0.25) is 4.90 Å². The van der Waals surface area contributed by atoms with Gasteiger partial charge in [-0.1, -0.05) is 91.0 Å².